The van der Waals surface area contributed by atoms with Gasteiger partial charge in [-0.2, -0.15) is 0 Å². The first kappa shape index (κ1) is 12.0. The molecule has 0 aromatic heterocycles. The number of aliphatic hydroxyl groups is 2. The fraction of sp³-hybridized carbons (Fsp3) is 0.500. The van der Waals surface area contributed by atoms with Crippen LogP contribution in [0.3, 0.4) is 0 Å². The van der Waals surface area contributed by atoms with Crippen LogP contribution < -0.4 is 4.74 Å². The molecule has 0 bridgehead atoms. The lowest BCUT2D eigenvalue weighted by atomic mass is 10.1. The van der Waals surface area contributed by atoms with Crippen LogP contribution in [0.25, 0.3) is 0 Å². The van der Waals surface area contributed by atoms with Crippen LogP contribution in [-0.2, 0) is 0 Å². The van der Waals surface area contributed by atoms with Gasteiger partial charge in [0.2, 0.25) is 0 Å². The molecule has 1 rings (SSSR count). The van der Waals surface area contributed by atoms with Crippen LogP contribution in [0.2, 0.25) is 0 Å². The molecule has 0 saturated heterocycles. The maximum atomic E-state index is 9.52. The van der Waals surface area contributed by atoms with Gasteiger partial charge in [0.15, 0.2) is 0 Å². The molecular formula is C12H18O3. The normalized spacial score (nSPS) is 14.7. The zero-order valence-electron chi connectivity index (χ0n) is 9.40. The maximum Gasteiger partial charge on any atom is 0.125 e. The van der Waals surface area contributed by atoms with Gasteiger partial charge in [0.05, 0.1) is 12.2 Å². The Morgan fingerprint density at radius 3 is 2.47 bits per heavy atom. The van der Waals surface area contributed by atoms with E-state index in [2.05, 4.69) is 0 Å². The molecule has 1 aromatic carbocycles. The van der Waals surface area contributed by atoms with E-state index >= 15 is 0 Å². The summed E-state index contributed by atoms with van der Waals surface area (Å²) < 4.78 is 5.43. The van der Waals surface area contributed by atoms with Gasteiger partial charge < -0.3 is 14.9 Å². The minimum Gasteiger partial charge on any atom is -0.491 e. The minimum absolute atomic E-state index is 0.239. The highest BCUT2D eigenvalue weighted by molar-refractivity contribution is 5.38. The molecule has 0 fully saturated rings. The van der Waals surface area contributed by atoms with Crippen molar-refractivity contribution in [3.05, 3.63) is 29.3 Å². The van der Waals surface area contributed by atoms with Gasteiger partial charge in [-0.15, -0.1) is 0 Å². The number of hydrogen-bond acceptors (Lipinski definition) is 3. The summed E-state index contributed by atoms with van der Waals surface area (Å²) in [6, 6.07) is 5.64. The third-order valence-electron chi connectivity index (χ3n) is 2.10. The van der Waals surface area contributed by atoms with Gasteiger partial charge in [-0.05, 0) is 32.4 Å². The molecular weight excluding hydrogens is 192 g/mol. The molecule has 3 heteroatoms. The summed E-state index contributed by atoms with van der Waals surface area (Å²) in [7, 11) is 0. The van der Waals surface area contributed by atoms with Gasteiger partial charge in [-0.3, -0.25) is 0 Å². The van der Waals surface area contributed by atoms with Crippen molar-refractivity contribution in [2.75, 3.05) is 6.61 Å². The number of aryl methyl sites for hydroxylation is 1. The van der Waals surface area contributed by atoms with Crippen LogP contribution in [0.1, 0.15) is 31.1 Å². The van der Waals surface area contributed by atoms with Crippen LogP contribution >= 0.6 is 0 Å². The molecule has 0 spiro atoms. The molecule has 0 amide bonds. The van der Waals surface area contributed by atoms with E-state index < -0.39 is 12.2 Å². The van der Waals surface area contributed by atoms with E-state index in [1.807, 2.05) is 25.1 Å². The summed E-state index contributed by atoms with van der Waals surface area (Å²) in [5.41, 5.74) is 1.82. The van der Waals surface area contributed by atoms with Gasteiger partial charge in [-0.1, -0.05) is 12.1 Å². The molecule has 0 saturated carbocycles. The van der Waals surface area contributed by atoms with E-state index in [9.17, 15) is 5.11 Å². The number of rotatable bonds is 4. The minimum atomic E-state index is -0.561. The van der Waals surface area contributed by atoms with Gasteiger partial charge in [0.1, 0.15) is 12.4 Å². The Balaban J connectivity index is 2.87. The van der Waals surface area contributed by atoms with Crippen molar-refractivity contribution in [2.45, 2.75) is 33.0 Å². The molecule has 2 N–H and O–H groups in total. The van der Waals surface area contributed by atoms with Crippen molar-refractivity contribution in [2.24, 2.45) is 0 Å². The average Bonchev–Trinajstić information content (AvgIpc) is 2.14. The lowest BCUT2D eigenvalue weighted by molar-refractivity contribution is 0.118. The Bertz CT molecular complexity index is 319. The topological polar surface area (TPSA) is 49.7 Å². The quantitative estimate of drug-likeness (QED) is 0.796. The Kier molecular flexibility index (Phi) is 4.12. The van der Waals surface area contributed by atoms with Crippen molar-refractivity contribution < 1.29 is 14.9 Å². The number of benzene rings is 1. The summed E-state index contributed by atoms with van der Waals surface area (Å²) in [5, 5.41) is 18.6. The van der Waals surface area contributed by atoms with Crippen LogP contribution in [0.5, 0.6) is 5.75 Å². The second-order valence-electron chi connectivity index (χ2n) is 3.88. The standard InChI is InChI=1S/C12H18O3/c1-8-4-5-11(10(3)14)12(6-8)15-7-9(2)13/h4-6,9-10,13-14H,7H2,1-3H3/t9?,10-/m0/s1. The third-order valence-corrected chi connectivity index (χ3v) is 2.10. The molecule has 15 heavy (non-hydrogen) atoms. The molecule has 0 aliphatic heterocycles. The zero-order chi connectivity index (χ0) is 11.4. The first-order valence-corrected chi connectivity index (χ1v) is 5.10. The molecule has 0 aliphatic carbocycles. The first-order valence-electron chi connectivity index (χ1n) is 5.10. The molecule has 2 atom stereocenters. The van der Waals surface area contributed by atoms with E-state index in [-0.39, 0.29) is 6.61 Å². The van der Waals surface area contributed by atoms with E-state index in [0.717, 1.165) is 11.1 Å². The predicted molar refractivity (Wildman–Crippen MR) is 59.0 cm³/mol. The fourth-order valence-corrected chi connectivity index (χ4v) is 1.32. The lowest BCUT2D eigenvalue weighted by Gasteiger charge is -2.15. The largest absolute Gasteiger partial charge is 0.491 e. The lowest BCUT2D eigenvalue weighted by Crippen LogP contribution is -2.14. The van der Waals surface area contributed by atoms with Gasteiger partial charge in [-0.25, -0.2) is 0 Å². The fourth-order valence-electron chi connectivity index (χ4n) is 1.32. The highest BCUT2D eigenvalue weighted by Crippen LogP contribution is 2.26. The van der Waals surface area contributed by atoms with Crippen LogP contribution in [0, 0.1) is 6.92 Å². The van der Waals surface area contributed by atoms with Crippen molar-refractivity contribution >= 4 is 0 Å². The van der Waals surface area contributed by atoms with Gasteiger partial charge in [0, 0.05) is 5.56 Å². The second-order valence-corrected chi connectivity index (χ2v) is 3.88. The highest BCUT2D eigenvalue weighted by Gasteiger charge is 2.09. The smallest absolute Gasteiger partial charge is 0.125 e. The van der Waals surface area contributed by atoms with E-state index in [4.69, 9.17) is 9.84 Å². The third kappa shape index (κ3) is 3.53. The summed E-state index contributed by atoms with van der Waals surface area (Å²) in [4.78, 5) is 0. The monoisotopic (exact) mass is 210 g/mol. The molecule has 3 nitrogen and oxygen atoms in total. The number of aliphatic hydroxyl groups excluding tert-OH is 2. The predicted octanol–water partition coefficient (Wildman–Crippen LogP) is 1.81. The number of hydrogen-bond donors (Lipinski definition) is 2. The Labute approximate surface area is 90.3 Å². The van der Waals surface area contributed by atoms with Crippen LogP contribution in [0.4, 0.5) is 0 Å². The molecule has 1 aromatic rings. The van der Waals surface area contributed by atoms with E-state index in [1.54, 1.807) is 13.8 Å². The van der Waals surface area contributed by atoms with Crippen molar-refractivity contribution in [3.8, 4) is 5.75 Å². The van der Waals surface area contributed by atoms with Gasteiger partial charge in [0.25, 0.3) is 0 Å². The van der Waals surface area contributed by atoms with E-state index in [0.29, 0.717) is 5.75 Å². The van der Waals surface area contributed by atoms with Crippen molar-refractivity contribution in [1.29, 1.82) is 0 Å². The summed E-state index contributed by atoms with van der Waals surface area (Å²) >= 11 is 0. The Morgan fingerprint density at radius 2 is 1.93 bits per heavy atom. The molecule has 0 aliphatic rings. The van der Waals surface area contributed by atoms with Crippen molar-refractivity contribution in [1.82, 2.24) is 0 Å². The first-order chi connectivity index (χ1) is 7.00. The van der Waals surface area contributed by atoms with Crippen LogP contribution in [-0.4, -0.2) is 22.9 Å². The highest BCUT2D eigenvalue weighted by atomic mass is 16.5. The summed E-state index contributed by atoms with van der Waals surface area (Å²) in [6.07, 6.45) is -1.07. The van der Waals surface area contributed by atoms with Crippen LogP contribution in [0.15, 0.2) is 18.2 Å². The summed E-state index contributed by atoms with van der Waals surface area (Å²) in [6.45, 7) is 5.56. The van der Waals surface area contributed by atoms with E-state index in [1.165, 1.54) is 0 Å². The SMILES string of the molecule is Cc1ccc([C@H](C)O)c(OCC(C)O)c1. The van der Waals surface area contributed by atoms with Crippen molar-refractivity contribution in [3.63, 3.8) is 0 Å². The molecule has 84 valence electrons. The average molecular weight is 210 g/mol. The molecule has 0 radical (unpaired) electrons. The Morgan fingerprint density at radius 1 is 1.27 bits per heavy atom. The maximum absolute atomic E-state index is 9.52. The molecule has 1 unspecified atom stereocenters. The number of ether oxygens (including phenoxy) is 1. The summed E-state index contributed by atoms with van der Waals surface area (Å²) in [5.74, 6) is 0.644. The zero-order valence-corrected chi connectivity index (χ0v) is 9.40. The molecule has 0 heterocycles. The Hall–Kier alpha value is -1.06. The van der Waals surface area contributed by atoms with Gasteiger partial charge >= 0.3 is 0 Å². The second kappa shape index (κ2) is 5.14.